The van der Waals surface area contributed by atoms with E-state index in [-0.39, 0.29) is 5.97 Å². The van der Waals surface area contributed by atoms with Crippen LogP contribution in [0, 0.1) is 0 Å². The monoisotopic (exact) mass is 206 g/mol. The highest BCUT2D eigenvalue weighted by Gasteiger charge is 2.10. The van der Waals surface area contributed by atoms with Crippen molar-refractivity contribution in [1.29, 1.82) is 0 Å². The summed E-state index contributed by atoms with van der Waals surface area (Å²) in [6.45, 7) is 0.605. The number of methoxy groups -OCH3 is 2. The van der Waals surface area contributed by atoms with Gasteiger partial charge in [-0.1, -0.05) is 17.6 Å². The number of carbonyl (C=O) groups is 1. The largest absolute Gasteiger partial charge is 0.465 e. The molecule has 0 fully saturated rings. The number of carbonyl (C=O) groups excluding carboxylic acids is 1. The molecule has 3 nitrogen and oxygen atoms in total. The van der Waals surface area contributed by atoms with Gasteiger partial charge in [0, 0.05) is 7.11 Å². The molecule has 0 saturated heterocycles. The van der Waals surface area contributed by atoms with Crippen LogP contribution >= 0.6 is 0 Å². The molecule has 0 saturated carbocycles. The van der Waals surface area contributed by atoms with Crippen LogP contribution in [0.5, 0.6) is 0 Å². The summed E-state index contributed by atoms with van der Waals surface area (Å²) in [5.74, 6) is -0.291. The summed E-state index contributed by atoms with van der Waals surface area (Å²) in [7, 11) is 5.03. The van der Waals surface area contributed by atoms with Gasteiger partial charge in [0.05, 0.1) is 19.3 Å². The van der Waals surface area contributed by atoms with E-state index in [0.29, 0.717) is 12.2 Å². The highest BCUT2D eigenvalue weighted by Crippen LogP contribution is 2.09. The Labute approximate surface area is 90.8 Å². The fourth-order valence-electron chi connectivity index (χ4n) is 1.45. The van der Waals surface area contributed by atoms with Crippen molar-refractivity contribution in [2.24, 2.45) is 0 Å². The minimum atomic E-state index is -0.291. The smallest absolute Gasteiger partial charge is 0.338 e. The molecule has 0 N–H and O–H groups in total. The van der Waals surface area contributed by atoms with Crippen molar-refractivity contribution in [3.63, 3.8) is 0 Å². The molecule has 1 aromatic rings. The third kappa shape index (κ3) is 3.10. The third-order valence-corrected chi connectivity index (χ3v) is 2.24. The molecular formula is C11H15BO3. The molecule has 0 heterocycles. The summed E-state index contributed by atoms with van der Waals surface area (Å²) >= 11 is 0. The first-order chi connectivity index (χ1) is 7.19. The molecule has 0 unspecified atom stereocenters. The second-order valence-corrected chi connectivity index (χ2v) is 3.39. The Morgan fingerprint density at radius 3 is 2.73 bits per heavy atom. The molecule has 15 heavy (non-hydrogen) atoms. The number of rotatable bonds is 4. The summed E-state index contributed by atoms with van der Waals surface area (Å²) < 4.78 is 9.72. The molecule has 1 aromatic carbocycles. The molecule has 0 aliphatic rings. The Morgan fingerprint density at radius 2 is 2.13 bits per heavy atom. The highest BCUT2D eigenvalue weighted by molar-refractivity contribution is 6.32. The van der Waals surface area contributed by atoms with E-state index in [2.05, 4.69) is 0 Å². The van der Waals surface area contributed by atoms with Crippen LogP contribution in [0.25, 0.3) is 0 Å². The molecule has 1 rings (SSSR count). The summed E-state index contributed by atoms with van der Waals surface area (Å²) in [6, 6.07) is 5.69. The summed E-state index contributed by atoms with van der Waals surface area (Å²) in [5.41, 5.74) is 2.73. The van der Waals surface area contributed by atoms with Crippen LogP contribution in [-0.2, 0) is 15.9 Å². The van der Waals surface area contributed by atoms with Crippen LogP contribution in [0.2, 0.25) is 0 Å². The second kappa shape index (κ2) is 5.56. The summed E-state index contributed by atoms with van der Waals surface area (Å²) in [6.07, 6.45) is 0.725. The summed E-state index contributed by atoms with van der Waals surface area (Å²) in [5, 5.41) is 0. The van der Waals surface area contributed by atoms with Crippen LogP contribution in [0.1, 0.15) is 15.9 Å². The van der Waals surface area contributed by atoms with Gasteiger partial charge in [0.15, 0.2) is 0 Å². The van der Waals surface area contributed by atoms with E-state index >= 15 is 0 Å². The first-order valence-electron chi connectivity index (χ1n) is 4.86. The summed E-state index contributed by atoms with van der Waals surface area (Å²) in [4.78, 5) is 11.4. The normalized spacial score (nSPS) is 10.0. The van der Waals surface area contributed by atoms with Crippen molar-refractivity contribution in [3.8, 4) is 0 Å². The Kier molecular flexibility index (Phi) is 4.37. The Balaban J connectivity index is 2.97. The molecular weight excluding hydrogens is 191 g/mol. The van der Waals surface area contributed by atoms with Gasteiger partial charge in [0.25, 0.3) is 0 Å². The predicted octanol–water partition coefficient (Wildman–Crippen LogP) is -0.0795. The van der Waals surface area contributed by atoms with Crippen LogP contribution in [0.3, 0.4) is 0 Å². The minimum Gasteiger partial charge on any atom is -0.465 e. The van der Waals surface area contributed by atoms with Crippen molar-refractivity contribution < 1.29 is 14.3 Å². The van der Waals surface area contributed by atoms with Crippen molar-refractivity contribution in [2.75, 3.05) is 20.8 Å². The highest BCUT2D eigenvalue weighted by atomic mass is 16.5. The van der Waals surface area contributed by atoms with E-state index in [1.165, 1.54) is 7.11 Å². The zero-order valence-electron chi connectivity index (χ0n) is 9.37. The molecule has 80 valence electrons. The number of ether oxygens (including phenoxy) is 2. The zero-order chi connectivity index (χ0) is 11.3. The average Bonchev–Trinajstić information content (AvgIpc) is 2.25. The maximum Gasteiger partial charge on any atom is 0.338 e. The van der Waals surface area contributed by atoms with E-state index < -0.39 is 0 Å². The SMILES string of the molecule is Bc1ccc(C(=O)OC)c(CCOC)c1. The van der Waals surface area contributed by atoms with Crippen molar-refractivity contribution in [1.82, 2.24) is 0 Å². The molecule has 0 spiro atoms. The Morgan fingerprint density at radius 1 is 1.40 bits per heavy atom. The fraction of sp³-hybridized carbons (Fsp3) is 0.364. The molecule has 0 atom stereocenters. The van der Waals surface area contributed by atoms with Gasteiger partial charge in [0.1, 0.15) is 7.85 Å². The van der Waals surface area contributed by atoms with Gasteiger partial charge in [-0.2, -0.15) is 0 Å². The standard InChI is InChI=1S/C11H15BO3/c1-14-6-5-8-7-9(12)3-4-10(8)11(13)15-2/h3-4,7H,5-6,12H2,1-2H3. The zero-order valence-corrected chi connectivity index (χ0v) is 9.37. The lowest BCUT2D eigenvalue weighted by Crippen LogP contribution is -2.12. The van der Waals surface area contributed by atoms with Crippen LogP contribution in [-0.4, -0.2) is 34.6 Å². The van der Waals surface area contributed by atoms with Gasteiger partial charge >= 0.3 is 5.97 Å². The van der Waals surface area contributed by atoms with Gasteiger partial charge in [0.2, 0.25) is 0 Å². The molecule has 0 amide bonds. The number of benzene rings is 1. The number of hydrogen-bond donors (Lipinski definition) is 0. The molecule has 0 aromatic heterocycles. The van der Waals surface area contributed by atoms with Gasteiger partial charge in [-0.05, 0) is 18.1 Å². The van der Waals surface area contributed by atoms with E-state index in [4.69, 9.17) is 9.47 Å². The Hall–Kier alpha value is -1.29. The topological polar surface area (TPSA) is 35.5 Å². The lowest BCUT2D eigenvalue weighted by Gasteiger charge is -2.08. The first-order valence-corrected chi connectivity index (χ1v) is 4.86. The Bertz CT molecular complexity index is 350. The molecule has 0 radical (unpaired) electrons. The van der Waals surface area contributed by atoms with Gasteiger partial charge in [-0.25, -0.2) is 4.79 Å². The molecule has 4 heteroatoms. The number of esters is 1. The van der Waals surface area contributed by atoms with E-state index in [1.54, 1.807) is 13.2 Å². The maximum absolute atomic E-state index is 11.4. The van der Waals surface area contributed by atoms with E-state index in [1.807, 2.05) is 20.0 Å². The maximum atomic E-state index is 11.4. The molecule has 0 aliphatic heterocycles. The first kappa shape index (κ1) is 11.8. The second-order valence-electron chi connectivity index (χ2n) is 3.39. The van der Waals surface area contributed by atoms with Crippen molar-refractivity contribution in [2.45, 2.75) is 6.42 Å². The van der Waals surface area contributed by atoms with Crippen molar-refractivity contribution >= 4 is 19.3 Å². The average molecular weight is 206 g/mol. The minimum absolute atomic E-state index is 0.291. The van der Waals surface area contributed by atoms with Gasteiger partial charge < -0.3 is 9.47 Å². The third-order valence-electron chi connectivity index (χ3n) is 2.24. The van der Waals surface area contributed by atoms with Gasteiger partial charge in [-0.15, -0.1) is 0 Å². The van der Waals surface area contributed by atoms with E-state index in [9.17, 15) is 4.79 Å². The quantitative estimate of drug-likeness (QED) is 0.510. The number of hydrogen-bond acceptors (Lipinski definition) is 3. The lowest BCUT2D eigenvalue weighted by atomic mass is 9.91. The lowest BCUT2D eigenvalue weighted by molar-refractivity contribution is 0.0599. The van der Waals surface area contributed by atoms with Crippen LogP contribution < -0.4 is 5.46 Å². The van der Waals surface area contributed by atoms with Crippen LogP contribution in [0.4, 0.5) is 0 Å². The predicted molar refractivity (Wildman–Crippen MR) is 61.5 cm³/mol. The fourth-order valence-corrected chi connectivity index (χ4v) is 1.45. The van der Waals surface area contributed by atoms with Crippen LogP contribution in [0.15, 0.2) is 18.2 Å². The van der Waals surface area contributed by atoms with Crippen molar-refractivity contribution in [3.05, 3.63) is 29.3 Å². The molecule has 0 aliphatic carbocycles. The molecule has 0 bridgehead atoms. The van der Waals surface area contributed by atoms with Gasteiger partial charge in [-0.3, -0.25) is 0 Å². The van der Waals surface area contributed by atoms with E-state index in [0.717, 1.165) is 17.4 Å².